The van der Waals surface area contributed by atoms with Gasteiger partial charge in [0, 0.05) is 22.4 Å². The van der Waals surface area contributed by atoms with Gasteiger partial charge in [0.05, 0.1) is 0 Å². The molecule has 4 rings (SSSR count). The average molecular weight is 341 g/mol. The van der Waals surface area contributed by atoms with Crippen LogP contribution in [0.1, 0.15) is 51.6 Å². The molecule has 0 aromatic heterocycles. The number of carbonyl (C=O) groups excluding carboxylic acids is 2. The smallest absolute Gasteiger partial charge is 0.255 e. The van der Waals surface area contributed by atoms with Crippen LogP contribution >= 0.6 is 0 Å². The first-order valence-electron chi connectivity index (χ1n) is 8.74. The normalized spacial score (nSPS) is 12.0. The monoisotopic (exact) mass is 341 g/mol. The molecule has 3 heteroatoms. The van der Waals surface area contributed by atoms with Crippen molar-refractivity contribution in [1.29, 1.82) is 0 Å². The van der Waals surface area contributed by atoms with Gasteiger partial charge in [0.1, 0.15) is 0 Å². The molecule has 128 valence electrons. The number of ketones is 1. The third kappa shape index (κ3) is 2.72. The van der Waals surface area contributed by atoms with E-state index in [1.807, 2.05) is 54.6 Å². The van der Waals surface area contributed by atoms with Gasteiger partial charge in [-0.25, -0.2) is 0 Å². The zero-order valence-electron chi connectivity index (χ0n) is 14.7. The van der Waals surface area contributed by atoms with Crippen molar-refractivity contribution in [3.63, 3.8) is 0 Å². The van der Waals surface area contributed by atoms with E-state index in [4.69, 9.17) is 0 Å². The van der Waals surface area contributed by atoms with E-state index in [9.17, 15) is 9.59 Å². The summed E-state index contributed by atoms with van der Waals surface area (Å²) in [6, 6.07) is 20.7. The second-order valence-electron chi connectivity index (χ2n) is 6.87. The quantitative estimate of drug-likeness (QED) is 0.551. The molecule has 0 unspecified atom stereocenters. The fraction of sp³-hybridized carbons (Fsp3) is 0.130. The van der Waals surface area contributed by atoms with Crippen LogP contribution in [0.25, 0.3) is 11.1 Å². The second kappa shape index (κ2) is 6.26. The highest BCUT2D eigenvalue weighted by molar-refractivity contribution is 6.22. The first-order valence-corrected chi connectivity index (χ1v) is 8.74. The van der Waals surface area contributed by atoms with Gasteiger partial charge < -0.3 is 5.32 Å². The first-order chi connectivity index (χ1) is 12.5. The van der Waals surface area contributed by atoms with Crippen LogP contribution in [0.5, 0.6) is 0 Å². The number of anilines is 1. The van der Waals surface area contributed by atoms with E-state index in [2.05, 4.69) is 19.2 Å². The van der Waals surface area contributed by atoms with E-state index >= 15 is 0 Å². The van der Waals surface area contributed by atoms with E-state index in [0.29, 0.717) is 22.6 Å². The maximum atomic E-state index is 12.6. The predicted octanol–water partition coefficient (Wildman–Crippen LogP) is 5.27. The fourth-order valence-electron chi connectivity index (χ4n) is 3.32. The van der Waals surface area contributed by atoms with Crippen molar-refractivity contribution in [3.05, 3.63) is 89.0 Å². The van der Waals surface area contributed by atoms with Crippen LogP contribution in [-0.4, -0.2) is 11.7 Å². The molecule has 0 saturated heterocycles. The Labute approximate surface area is 152 Å². The minimum absolute atomic E-state index is 0.0217. The lowest BCUT2D eigenvalue weighted by atomic mass is 10.0. The molecular weight excluding hydrogens is 322 g/mol. The Morgan fingerprint density at radius 3 is 2.15 bits per heavy atom. The van der Waals surface area contributed by atoms with Crippen LogP contribution in [0.3, 0.4) is 0 Å². The summed E-state index contributed by atoms with van der Waals surface area (Å²) in [5.74, 6) is 0.212. The molecule has 0 spiro atoms. The lowest BCUT2D eigenvalue weighted by Crippen LogP contribution is -2.12. The van der Waals surface area contributed by atoms with Gasteiger partial charge in [-0.2, -0.15) is 0 Å². The summed E-state index contributed by atoms with van der Waals surface area (Å²) in [7, 11) is 0. The summed E-state index contributed by atoms with van der Waals surface area (Å²) >= 11 is 0. The highest BCUT2D eigenvalue weighted by Crippen LogP contribution is 2.36. The summed E-state index contributed by atoms with van der Waals surface area (Å²) in [6.45, 7) is 4.26. The summed E-state index contributed by atoms with van der Waals surface area (Å²) in [6.07, 6.45) is 0. The molecule has 0 heterocycles. The van der Waals surface area contributed by atoms with E-state index in [1.54, 1.807) is 12.1 Å². The van der Waals surface area contributed by atoms with Crippen molar-refractivity contribution in [2.24, 2.45) is 0 Å². The lowest BCUT2D eigenvalue weighted by Gasteiger charge is -2.09. The van der Waals surface area contributed by atoms with Crippen LogP contribution in [-0.2, 0) is 0 Å². The molecule has 3 nitrogen and oxygen atoms in total. The fourth-order valence-corrected chi connectivity index (χ4v) is 3.32. The number of carbonyl (C=O) groups is 2. The van der Waals surface area contributed by atoms with Gasteiger partial charge in [0.2, 0.25) is 0 Å². The molecule has 1 amide bonds. The SMILES string of the molecule is CC(C)c1ccc(NC(=O)c2ccc3c(c2)C(=O)c2ccccc2-3)cc1. The minimum atomic E-state index is -0.214. The molecule has 1 aliphatic carbocycles. The maximum Gasteiger partial charge on any atom is 0.255 e. The number of hydrogen-bond acceptors (Lipinski definition) is 2. The molecule has 0 fully saturated rings. The molecule has 3 aromatic carbocycles. The maximum absolute atomic E-state index is 12.6. The molecule has 3 aromatic rings. The standard InChI is InChI=1S/C23H19NO2/c1-14(2)15-7-10-17(11-8-15)24-23(26)16-9-12-19-18-5-3-4-6-20(18)22(25)21(19)13-16/h3-14H,1-2H3,(H,24,26). The minimum Gasteiger partial charge on any atom is -0.322 e. The van der Waals surface area contributed by atoms with Gasteiger partial charge >= 0.3 is 0 Å². The van der Waals surface area contributed by atoms with Gasteiger partial charge in [-0.1, -0.05) is 56.3 Å². The van der Waals surface area contributed by atoms with Gasteiger partial charge in [-0.15, -0.1) is 0 Å². The van der Waals surface area contributed by atoms with Gasteiger partial charge in [0.25, 0.3) is 5.91 Å². The number of fused-ring (bicyclic) bond motifs is 3. The molecule has 0 saturated carbocycles. The van der Waals surface area contributed by atoms with Crippen molar-refractivity contribution >= 4 is 17.4 Å². The molecule has 0 radical (unpaired) electrons. The van der Waals surface area contributed by atoms with Crippen molar-refractivity contribution in [2.75, 3.05) is 5.32 Å². The predicted molar refractivity (Wildman–Crippen MR) is 104 cm³/mol. The summed E-state index contributed by atoms with van der Waals surface area (Å²) in [5.41, 5.74) is 5.57. The number of benzene rings is 3. The average Bonchev–Trinajstić information content (AvgIpc) is 2.94. The Bertz CT molecular complexity index is 1020. The first kappa shape index (κ1) is 16.3. The molecule has 0 aliphatic heterocycles. The topological polar surface area (TPSA) is 46.2 Å². The summed E-state index contributed by atoms with van der Waals surface area (Å²) < 4.78 is 0. The molecule has 0 bridgehead atoms. The van der Waals surface area contributed by atoms with Crippen molar-refractivity contribution in [1.82, 2.24) is 0 Å². The Kier molecular flexibility index (Phi) is 3.92. The van der Waals surface area contributed by atoms with Crippen LogP contribution in [0.2, 0.25) is 0 Å². The highest BCUT2D eigenvalue weighted by atomic mass is 16.1. The van der Waals surface area contributed by atoms with Crippen LogP contribution in [0.4, 0.5) is 5.69 Å². The molecular formula is C23H19NO2. The Hall–Kier alpha value is -3.20. The third-order valence-corrected chi connectivity index (χ3v) is 4.82. The van der Waals surface area contributed by atoms with Crippen molar-refractivity contribution in [2.45, 2.75) is 19.8 Å². The second-order valence-corrected chi connectivity index (χ2v) is 6.87. The van der Waals surface area contributed by atoms with E-state index in [-0.39, 0.29) is 11.7 Å². The van der Waals surface area contributed by atoms with Crippen molar-refractivity contribution in [3.8, 4) is 11.1 Å². The van der Waals surface area contributed by atoms with E-state index < -0.39 is 0 Å². The molecule has 1 aliphatic rings. The number of hydrogen-bond donors (Lipinski definition) is 1. The van der Waals surface area contributed by atoms with Gasteiger partial charge in [-0.3, -0.25) is 9.59 Å². The number of amides is 1. The van der Waals surface area contributed by atoms with Gasteiger partial charge in [-0.05, 0) is 46.9 Å². The van der Waals surface area contributed by atoms with Crippen LogP contribution in [0, 0.1) is 0 Å². The van der Waals surface area contributed by atoms with Crippen LogP contribution < -0.4 is 5.32 Å². The van der Waals surface area contributed by atoms with E-state index in [0.717, 1.165) is 16.8 Å². The largest absolute Gasteiger partial charge is 0.322 e. The highest BCUT2D eigenvalue weighted by Gasteiger charge is 2.27. The third-order valence-electron chi connectivity index (χ3n) is 4.82. The zero-order valence-corrected chi connectivity index (χ0v) is 14.7. The van der Waals surface area contributed by atoms with Crippen LogP contribution in [0.15, 0.2) is 66.7 Å². The molecule has 0 atom stereocenters. The molecule has 26 heavy (non-hydrogen) atoms. The number of rotatable bonds is 3. The number of nitrogens with one attached hydrogen (secondary N) is 1. The lowest BCUT2D eigenvalue weighted by molar-refractivity contribution is 0.102. The van der Waals surface area contributed by atoms with E-state index in [1.165, 1.54) is 5.56 Å². The Morgan fingerprint density at radius 1 is 0.808 bits per heavy atom. The summed E-state index contributed by atoms with van der Waals surface area (Å²) in [4.78, 5) is 25.2. The molecule has 1 N–H and O–H groups in total. The summed E-state index contributed by atoms with van der Waals surface area (Å²) in [5, 5.41) is 2.90. The Balaban J connectivity index is 1.60. The zero-order chi connectivity index (χ0) is 18.3. The van der Waals surface area contributed by atoms with Gasteiger partial charge in [0.15, 0.2) is 5.78 Å². The Morgan fingerprint density at radius 2 is 1.46 bits per heavy atom. The van der Waals surface area contributed by atoms with Crippen molar-refractivity contribution < 1.29 is 9.59 Å².